The number of carbonyl (C=O) groups is 1. The first-order chi connectivity index (χ1) is 14.1. The van der Waals surface area contributed by atoms with Crippen LogP contribution >= 0.6 is 11.8 Å². The van der Waals surface area contributed by atoms with Crippen LogP contribution in [0.5, 0.6) is 0 Å². The lowest BCUT2D eigenvalue weighted by Crippen LogP contribution is -2.29. The number of nitrogens with zero attached hydrogens (tertiary/aromatic N) is 3. The number of pyridine rings is 1. The lowest BCUT2D eigenvalue weighted by atomic mass is 10.2. The number of anilines is 1. The number of aryl methyl sites for hydroxylation is 1. The number of hydrogen-bond donors (Lipinski definition) is 1. The van der Waals surface area contributed by atoms with Crippen LogP contribution in [0.2, 0.25) is 0 Å². The molecule has 0 aliphatic rings. The van der Waals surface area contributed by atoms with Crippen molar-refractivity contribution in [3.63, 3.8) is 0 Å². The first kappa shape index (κ1) is 19.0. The standard InChI is InChI=1S/C22H20N4O2S/c1-15-9-11-16(12-10-15)26-21-18(7-5-13-23-21)25(22(26)28)14-20(27)24-17-6-3-4-8-19(17)29-2/h3-13H,14H2,1-2H3,(H,24,27). The van der Waals surface area contributed by atoms with Gasteiger partial charge in [0.1, 0.15) is 6.54 Å². The molecule has 4 aromatic rings. The van der Waals surface area contributed by atoms with Crippen LogP contribution in [0, 0.1) is 6.92 Å². The van der Waals surface area contributed by atoms with Gasteiger partial charge in [-0.3, -0.25) is 9.36 Å². The Hall–Kier alpha value is -3.32. The molecule has 146 valence electrons. The minimum Gasteiger partial charge on any atom is -0.324 e. The number of hydrogen-bond acceptors (Lipinski definition) is 4. The number of imidazole rings is 1. The molecular formula is C22H20N4O2S. The number of carbonyl (C=O) groups excluding carboxylic acids is 1. The second kappa shape index (κ2) is 7.97. The maximum atomic E-state index is 13.2. The normalized spacial score (nSPS) is 11.0. The molecule has 0 atom stereocenters. The van der Waals surface area contributed by atoms with Gasteiger partial charge < -0.3 is 5.32 Å². The van der Waals surface area contributed by atoms with E-state index in [-0.39, 0.29) is 18.1 Å². The molecule has 6 nitrogen and oxygen atoms in total. The number of rotatable bonds is 5. The molecule has 29 heavy (non-hydrogen) atoms. The number of aromatic nitrogens is 3. The average Bonchev–Trinajstić information content (AvgIpc) is 3.01. The second-order valence-electron chi connectivity index (χ2n) is 6.63. The van der Waals surface area contributed by atoms with Crippen LogP contribution in [0.4, 0.5) is 5.69 Å². The largest absolute Gasteiger partial charge is 0.335 e. The van der Waals surface area contributed by atoms with Crippen LogP contribution in [0.3, 0.4) is 0 Å². The van der Waals surface area contributed by atoms with Crippen molar-refractivity contribution in [3.8, 4) is 5.69 Å². The van der Waals surface area contributed by atoms with E-state index in [4.69, 9.17) is 0 Å². The van der Waals surface area contributed by atoms with Crippen molar-refractivity contribution in [2.75, 3.05) is 11.6 Å². The molecule has 2 heterocycles. The Bertz CT molecular complexity index is 1240. The Morgan fingerprint density at radius 2 is 1.83 bits per heavy atom. The summed E-state index contributed by atoms with van der Waals surface area (Å²) >= 11 is 1.55. The molecule has 0 bridgehead atoms. The van der Waals surface area contributed by atoms with E-state index in [1.54, 1.807) is 30.1 Å². The van der Waals surface area contributed by atoms with Gasteiger partial charge in [0, 0.05) is 11.1 Å². The Morgan fingerprint density at radius 1 is 1.07 bits per heavy atom. The van der Waals surface area contributed by atoms with E-state index in [2.05, 4.69) is 10.3 Å². The van der Waals surface area contributed by atoms with Crippen molar-refractivity contribution in [2.24, 2.45) is 0 Å². The summed E-state index contributed by atoms with van der Waals surface area (Å²) in [6.45, 7) is 1.90. The molecule has 0 aliphatic heterocycles. The highest BCUT2D eigenvalue weighted by Crippen LogP contribution is 2.24. The van der Waals surface area contributed by atoms with Crippen LogP contribution < -0.4 is 11.0 Å². The summed E-state index contributed by atoms with van der Waals surface area (Å²) < 4.78 is 3.00. The van der Waals surface area contributed by atoms with Crippen molar-refractivity contribution in [1.29, 1.82) is 0 Å². The molecule has 0 radical (unpaired) electrons. The monoisotopic (exact) mass is 404 g/mol. The van der Waals surface area contributed by atoms with Gasteiger partial charge in [-0.1, -0.05) is 29.8 Å². The van der Waals surface area contributed by atoms with Gasteiger partial charge in [0.15, 0.2) is 5.65 Å². The van der Waals surface area contributed by atoms with Crippen molar-refractivity contribution in [1.82, 2.24) is 14.1 Å². The van der Waals surface area contributed by atoms with Crippen molar-refractivity contribution in [3.05, 3.63) is 82.9 Å². The fraction of sp³-hybridized carbons (Fsp3) is 0.136. The second-order valence-corrected chi connectivity index (χ2v) is 7.48. The predicted octanol–water partition coefficient (Wildman–Crippen LogP) is 3.86. The molecule has 7 heteroatoms. The van der Waals surface area contributed by atoms with Gasteiger partial charge in [-0.2, -0.15) is 0 Å². The fourth-order valence-corrected chi connectivity index (χ4v) is 3.80. The molecule has 0 unspecified atom stereocenters. The summed E-state index contributed by atoms with van der Waals surface area (Å²) in [5.74, 6) is -0.264. The third-order valence-electron chi connectivity index (χ3n) is 4.67. The lowest BCUT2D eigenvalue weighted by molar-refractivity contribution is -0.116. The zero-order valence-electron chi connectivity index (χ0n) is 16.1. The zero-order chi connectivity index (χ0) is 20.4. The van der Waals surface area contributed by atoms with Crippen molar-refractivity contribution < 1.29 is 4.79 Å². The Morgan fingerprint density at radius 3 is 2.59 bits per heavy atom. The number of benzene rings is 2. The molecule has 0 saturated carbocycles. The van der Waals surface area contributed by atoms with E-state index in [1.807, 2.05) is 61.7 Å². The molecule has 0 saturated heterocycles. The smallest absolute Gasteiger partial charge is 0.324 e. The van der Waals surface area contributed by atoms with Gasteiger partial charge in [0.05, 0.1) is 16.9 Å². The van der Waals surface area contributed by atoms with E-state index in [0.29, 0.717) is 11.2 Å². The molecule has 4 rings (SSSR count). The summed E-state index contributed by atoms with van der Waals surface area (Å²) in [4.78, 5) is 31.3. The van der Waals surface area contributed by atoms with E-state index in [9.17, 15) is 9.59 Å². The average molecular weight is 404 g/mol. The molecule has 0 fully saturated rings. The van der Waals surface area contributed by atoms with E-state index in [1.165, 1.54) is 9.13 Å². The maximum Gasteiger partial charge on any atom is 0.335 e. The molecule has 2 aromatic carbocycles. The van der Waals surface area contributed by atoms with Gasteiger partial charge >= 0.3 is 5.69 Å². The van der Waals surface area contributed by atoms with Gasteiger partial charge in [-0.15, -0.1) is 11.8 Å². The number of amides is 1. The van der Waals surface area contributed by atoms with E-state index < -0.39 is 0 Å². The zero-order valence-corrected chi connectivity index (χ0v) is 16.9. The molecule has 1 N–H and O–H groups in total. The third kappa shape index (κ3) is 3.69. The Labute approximate surface area is 172 Å². The summed E-state index contributed by atoms with van der Waals surface area (Å²) in [5.41, 5.74) is 3.40. The fourth-order valence-electron chi connectivity index (χ4n) is 3.25. The first-order valence-electron chi connectivity index (χ1n) is 9.14. The van der Waals surface area contributed by atoms with Crippen molar-refractivity contribution in [2.45, 2.75) is 18.4 Å². The van der Waals surface area contributed by atoms with Crippen LogP contribution in [-0.2, 0) is 11.3 Å². The summed E-state index contributed by atoms with van der Waals surface area (Å²) in [6.07, 6.45) is 3.60. The van der Waals surface area contributed by atoms with Crippen LogP contribution in [0.15, 0.2) is 76.6 Å². The summed E-state index contributed by atoms with van der Waals surface area (Å²) in [7, 11) is 0. The molecule has 1 amide bonds. The maximum absolute atomic E-state index is 13.2. The minimum absolute atomic E-state index is 0.0946. The molecule has 2 aromatic heterocycles. The topological polar surface area (TPSA) is 68.9 Å². The van der Waals surface area contributed by atoms with Crippen LogP contribution in [0.25, 0.3) is 16.9 Å². The van der Waals surface area contributed by atoms with Crippen LogP contribution in [0.1, 0.15) is 5.56 Å². The summed E-state index contributed by atoms with van der Waals surface area (Å²) in [6, 6.07) is 18.8. The number of nitrogens with one attached hydrogen (secondary N) is 1. The number of fused-ring (bicyclic) bond motifs is 1. The number of thioether (sulfide) groups is 1. The highest BCUT2D eigenvalue weighted by Gasteiger charge is 2.18. The third-order valence-corrected chi connectivity index (χ3v) is 5.46. The molecular weight excluding hydrogens is 384 g/mol. The van der Waals surface area contributed by atoms with Gasteiger partial charge in [-0.25, -0.2) is 14.3 Å². The first-order valence-corrected chi connectivity index (χ1v) is 10.4. The summed E-state index contributed by atoms with van der Waals surface area (Å²) in [5, 5.41) is 2.91. The molecule has 0 spiro atoms. The molecule has 0 aliphatic carbocycles. The van der Waals surface area contributed by atoms with E-state index >= 15 is 0 Å². The SMILES string of the molecule is CSc1ccccc1NC(=O)Cn1c(=O)n(-c2ccc(C)cc2)c2ncccc21. The van der Waals surface area contributed by atoms with Crippen LogP contribution in [-0.4, -0.2) is 26.3 Å². The van der Waals surface area contributed by atoms with Gasteiger partial charge in [-0.05, 0) is 49.6 Å². The van der Waals surface area contributed by atoms with E-state index in [0.717, 1.165) is 21.8 Å². The lowest BCUT2D eigenvalue weighted by Gasteiger charge is -2.09. The Balaban J connectivity index is 1.73. The highest BCUT2D eigenvalue weighted by molar-refractivity contribution is 7.98. The Kier molecular flexibility index (Phi) is 5.22. The highest BCUT2D eigenvalue weighted by atomic mass is 32.2. The minimum atomic E-state index is -0.296. The van der Waals surface area contributed by atoms with Gasteiger partial charge in [0.25, 0.3) is 0 Å². The number of para-hydroxylation sites is 1. The van der Waals surface area contributed by atoms with Crippen molar-refractivity contribution >= 4 is 34.5 Å². The quantitative estimate of drug-likeness (QED) is 0.513. The van der Waals surface area contributed by atoms with Gasteiger partial charge in [0.2, 0.25) is 5.91 Å². The predicted molar refractivity (Wildman–Crippen MR) is 117 cm³/mol.